The highest BCUT2D eigenvalue weighted by Gasteiger charge is 2.31. The van der Waals surface area contributed by atoms with Gasteiger partial charge in [0.2, 0.25) is 15.9 Å². The first-order valence-corrected chi connectivity index (χ1v) is 10.6. The number of anilines is 2. The summed E-state index contributed by atoms with van der Waals surface area (Å²) in [7, 11) is -1.08. The Morgan fingerprint density at radius 3 is 2.21 bits per heavy atom. The molecule has 1 N–H and O–H groups in total. The van der Waals surface area contributed by atoms with Crippen molar-refractivity contribution in [1.82, 2.24) is 0 Å². The van der Waals surface area contributed by atoms with E-state index < -0.39 is 27.9 Å². The minimum absolute atomic E-state index is 0.277. The first-order valence-electron chi connectivity index (χ1n) is 8.71. The zero-order valence-electron chi connectivity index (χ0n) is 16.9. The van der Waals surface area contributed by atoms with E-state index in [1.54, 1.807) is 18.2 Å². The maximum absolute atomic E-state index is 12.8. The van der Waals surface area contributed by atoms with Crippen LogP contribution < -0.4 is 14.4 Å². The molecule has 0 saturated heterocycles. The fourth-order valence-electron chi connectivity index (χ4n) is 2.81. The summed E-state index contributed by atoms with van der Waals surface area (Å²) in [5.74, 6) is -0.695. The Balaban J connectivity index is 2.33. The van der Waals surface area contributed by atoms with Gasteiger partial charge in [-0.25, -0.2) is 13.2 Å². The lowest BCUT2D eigenvalue weighted by molar-refractivity contribution is -0.116. The molecule has 0 fully saturated rings. The number of esters is 1. The van der Waals surface area contributed by atoms with Gasteiger partial charge in [0.1, 0.15) is 11.8 Å². The van der Waals surface area contributed by atoms with Crippen molar-refractivity contribution in [2.75, 3.05) is 30.1 Å². The molecule has 2 rings (SSSR count). The monoisotopic (exact) mass is 420 g/mol. The zero-order valence-corrected chi connectivity index (χ0v) is 17.7. The quantitative estimate of drug-likeness (QED) is 0.691. The molecule has 1 amide bonds. The summed E-state index contributed by atoms with van der Waals surface area (Å²) in [4.78, 5) is 24.3. The molecule has 1 atom stereocenters. The van der Waals surface area contributed by atoms with Gasteiger partial charge in [0.05, 0.1) is 31.7 Å². The van der Waals surface area contributed by atoms with E-state index >= 15 is 0 Å². The van der Waals surface area contributed by atoms with E-state index in [9.17, 15) is 18.0 Å². The number of methoxy groups -OCH3 is 2. The van der Waals surface area contributed by atoms with Crippen LogP contribution in [0.4, 0.5) is 11.4 Å². The molecule has 0 aliphatic carbocycles. The Morgan fingerprint density at radius 1 is 1.07 bits per heavy atom. The number of amides is 1. The van der Waals surface area contributed by atoms with Crippen LogP contribution in [0.3, 0.4) is 0 Å². The van der Waals surface area contributed by atoms with Crippen molar-refractivity contribution in [3.05, 3.63) is 53.6 Å². The fourth-order valence-corrected chi connectivity index (χ4v) is 3.98. The molecule has 0 aliphatic rings. The molecule has 0 radical (unpaired) electrons. The summed E-state index contributed by atoms with van der Waals surface area (Å²) < 4.78 is 36.0. The van der Waals surface area contributed by atoms with E-state index in [0.717, 1.165) is 16.1 Å². The molecule has 2 aromatic rings. The van der Waals surface area contributed by atoms with E-state index in [1.807, 2.05) is 6.92 Å². The van der Waals surface area contributed by atoms with Crippen LogP contribution in [0.1, 0.15) is 22.8 Å². The first kappa shape index (κ1) is 22.2. The third kappa shape index (κ3) is 5.26. The van der Waals surface area contributed by atoms with Crippen molar-refractivity contribution in [1.29, 1.82) is 0 Å². The molecule has 0 spiro atoms. The van der Waals surface area contributed by atoms with Gasteiger partial charge in [-0.15, -0.1) is 0 Å². The Bertz CT molecular complexity index is 1000. The molecule has 2 aromatic carbocycles. The molecule has 0 aromatic heterocycles. The number of rotatable bonds is 7. The molecule has 8 nitrogen and oxygen atoms in total. The number of carbonyl (C=O) groups excluding carboxylic acids is 2. The van der Waals surface area contributed by atoms with Gasteiger partial charge in [-0.3, -0.25) is 9.10 Å². The number of hydrogen-bond acceptors (Lipinski definition) is 6. The zero-order chi connectivity index (χ0) is 21.8. The summed E-state index contributed by atoms with van der Waals surface area (Å²) in [6.45, 7) is 3.30. The summed E-state index contributed by atoms with van der Waals surface area (Å²) in [6, 6.07) is 10.1. The smallest absolute Gasteiger partial charge is 0.337 e. The SMILES string of the molecule is COC(=O)c1ccc(NC(=O)[C@@H](C)N(c2cc(C)ccc2OC)S(C)(=O)=O)cc1. The lowest BCUT2D eigenvalue weighted by atomic mass is 10.1. The van der Waals surface area contributed by atoms with E-state index in [0.29, 0.717) is 17.0 Å². The van der Waals surface area contributed by atoms with Crippen molar-refractivity contribution in [2.45, 2.75) is 19.9 Å². The first-order chi connectivity index (χ1) is 13.6. The van der Waals surface area contributed by atoms with Crippen LogP contribution in [-0.2, 0) is 19.6 Å². The molecule has 0 aliphatic heterocycles. The van der Waals surface area contributed by atoms with Gasteiger partial charge in [0.25, 0.3) is 0 Å². The van der Waals surface area contributed by atoms with Crippen LogP contribution >= 0.6 is 0 Å². The number of benzene rings is 2. The molecule has 0 heterocycles. The van der Waals surface area contributed by atoms with Gasteiger partial charge in [0, 0.05) is 5.69 Å². The predicted molar refractivity (Wildman–Crippen MR) is 111 cm³/mol. The molecule has 9 heteroatoms. The van der Waals surface area contributed by atoms with Gasteiger partial charge < -0.3 is 14.8 Å². The van der Waals surface area contributed by atoms with Crippen molar-refractivity contribution in [2.24, 2.45) is 0 Å². The molecule has 0 bridgehead atoms. The lowest BCUT2D eigenvalue weighted by Gasteiger charge is -2.29. The fraction of sp³-hybridized carbons (Fsp3) is 0.300. The minimum atomic E-state index is -3.79. The Kier molecular flexibility index (Phi) is 6.86. The number of aryl methyl sites for hydroxylation is 1. The molecule has 156 valence electrons. The van der Waals surface area contributed by atoms with E-state index in [1.165, 1.54) is 45.4 Å². The third-order valence-electron chi connectivity index (χ3n) is 4.23. The maximum Gasteiger partial charge on any atom is 0.337 e. The summed E-state index contributed by atoms with van der Waals surface area (Å²) in [5, 5.41) is 2.66. The highest BCUT2D eigenvalue weighted by molar-refractivity contribution is 7.92. The van der Waals surface area contributed by atoms with Crippen LogP contribution in [0.2, 0.25) is 0 Å². The molecule has 0 unspecified atom stereocenters. The number of carbonyl (C=O) groups is 2. The molecular weight excluding hydrogens is 396 g/mol. The number of sulfonamides is 1. The number of hydrogen-bond donors (Lipinski definition) is 1. The summed E-state index contributed by atoms with van der Waals surface area (Å²) >= 11 is 0. The van der Waals surface area contributed by atoms with Crippen LogP contribution in [0.25, 0.3) is 0 Å². The lowest BCUT2D eigenvalue weighted by Crippen LogP contribution is -2.45. The van der Waals surface area contributed by atoms with Crippen molar-refractivity contribution < 1.29 is 27.5 Å². The number of ether oxygens (including phenoxy) is 2. The number of nitrogens with zero attached hydrogens (tertiary/aromatic N) is 1. The average Bonchev–Trinajstić information content (AvgIpc) is 2.67. The highest BCUT2D eigenvalue weighted by Crippen LogP contribution is 2.32. The second-order valence-corrected chi connectivity index (χ2v) is 8.33. The Labute approximate surface area is 170 Å². The second-order valence-electron chi connectivity index (χ2n) is 6.47. The summed E-state index contributed by atoms with van der Waals surface area (Å²) in [5.41, 5.74) is 1.85. The van der Waals surface area contributed by atoms with Crippen LogP contribution in [0.15, 0.2) is 42.5 Å². The van der Waals surface area contributed by atoms with Crippen LogP contribution in [-0.4, -0.2) is 46.8 Å². The van der Waals surface area contributed by atoms with Crippen LogP contribution in [0, 0.1) is 6.92 Å². The van der Waals surface area contributed by atoms with Gasteiger partial charge in [0.15, 0.2) is 0 Å². The maximum atomic E-state index is 12.8. The largest absolute Gasteiger partial charge is 0.495 e. The van der Waals surface area contributed by atoms with E-state index in [2.05, 4.69) is 10.1 Å². The highest BCUT2D eigenvalue weighted by atomic mass is 32.2. The molecular formula is C20H24N2O6S. The van der Waals surface area contributed by atoms with Crippen molar-refractivity contribution >= 4 is 33.3 Å². The third-order valence-corrected chi connectivity index (χ3v) is 5.46. The summed E-state index contributed by atoms with van der Waals surface area (Å²) in [6.07, 6.45) is 1.03. The van der Waals surface area contributed by atoms with Crippen molar-refractivity contribution in [3.8, 4) is 5.75 Å². The van der Waals surface area contributed by atoms with E-state index in [-0.39, 0.29) is 5.69 Å². The molecule has 0 saturated carbocycles. The van der Waals surface area contributed by atoms with Crippen LogP contribution in [0.5, 0.6) is 5.75 Å². The Hall–Kier alpha value is -3.07. The Morgan fingerprint density at radius 2 is 1.69 bits per heavy atom. The van der Waals surface area contributed by atoms with Crippen molar-refractivity contribution in [3.63, 3.8) is 0 Å². The standard InChI is InChI=1S/C20H24N2O6S/c1-13-6-11-18(27-3)17(12-13)22(29(5,25)26)14(2)19(23)21-16-9-7-15(8-10-16)20(24)28-4/h6-12,14H,1-5H3,(H,21,23)/t14-/m1/s1. The normalized spacial score (nSPS) is 12.0. The minimum Gasteiger partial charge on any atom is -0.495 e. The molecule has 29 heavy (non-hydrogen) atoms. The predicted octanol–water partition coefficient (Wildman–Crippen LogP) is 2.58. The van der Waals surface area contributed by atoms with Gasteiger partial charge in [-0.1, -0.05) is 6.07 Å². The average molecular weight is 420 g/mol. The number of nitrogens with one attached hydrogen (secondary N) is 1. The second kappa shape index (κ2) is 8.95. The topological polar surface area (TPSA) is 102 Å². The van der Waals surface area contributed by atoms with Gasteiger partial charge >= 0.3 is 5.97 Å². The van der Waals surface area contributed by atoms with Gasteiger partial charge in [-0.2, -0.15) is 0 Å². The van der Waals surface area contributed by atoms with Gasteiger partial charge in [-0.05, 0) is 55.8 Å². The van der Waals surface area contributed by atoms with E-state index in [4.69, 9.17) is 4.74 Å².